The first-order valence-electron chi connectivity index (χ1n) is 10.1. The van der Waals surface area contributed by atoms with Gasteiger partial charge in [-0.3, -0.25) is 9.69 Å². The fraction of sp³-hybridized carbons (Fsp3) is 0.364. The summed E-state index contributed by atoms with van der Waals surface area (Å²) in [6.45, 7) is 3.71. The van der Waals surface area contributed by atoms with Crippen molar-refractivity contribution in [1.82, 2.24) is 20.2 Å². The lowest BCUT2D eigenvalue weighted by molar-refractivity contribution is 0.0929. The van der Waals surface area contributed by atoms with E-state index in [9.17, 15) is 4.79 Å². The molecule has 1 amide bonds. The van der Waals surface area contributed by atoms with Crippen molar-refractivity contribution in [2.24, 2.45) is 5.92 Å². The number of benzene rings is 2. The number of nitrogens with zero attached hydrogens (tertiary/aromatic N) is 2. The van der Waals surface area contributed by atoms with E-state index < -0.39 is 0 Å². The average Bonchev–Trinajstić information content (AvgIpc) is 3.37. The number of carbonyl (C=O) groups excluding carboxylic acids is 1. The summed E-state index contributed by atoms with van der Waals surface area (Å²) >= 11 is 0. The summed E-state index contributed by atoms with van der Waals surface area (Å²) in [5.74, 6) is 2.68. The molecule has 0 bridgehead atoms. The third-order valence-electron chi connectivity index (χ3n) is 5.60. The molecular formula is C22H24N4O3. The minimum Gasteiger partial charge on any atom is -0.454 e. The van der Waals surface area contributed by atoms with E-state index in [4.69, 9.17) is 9.47 Å². The number of aromatic amines is 1. The molecular weight excluding hydrogens is 368 g/mol. The van der Waals surface area contributed by atoms with Crippen molar-refractivity contribution in [2.45, 2.75) is 19.4 Å². The Bertz CT molecular complexity index is 999. The largest absolute Gasteiger partial charge is 0.454 e. The SMILES string of the molecule is O=C(NCC1CCCN(Cc2nc3ccccc3[nH]2)C1)c1ccc2c(c1)OCO2. The summed E-state index contributed by atoms with van der Waals surface area (Å²) in [5.41, 5.74) is 2.68. The minimum atomic E-state index is -0.0716. The molecule has 2 aliphatic rings. The van der Waals surface area contributed by atoms with Gasteiger partial charge in [-0.1, -0.05) is 12.1 Å². The van der Waals surface area contributed by atoms with Crippen molar-refractivity contribution in [3.63, 3.8) is 0 Å². The number of ether oxygens (including phenoxy) is 2. The maximum Gasteiger partial charge on any atom is 0.251 e. The molecule has 2 aromatic carbocycles. The van der Waals surface area contributed by atoms with Gasteiger partial charge in [-0.05, 0) is 55.6 Å². The molecule has 5 rings (SSSR count). The van der Waals surface area contributed by atoms with Crippen molar-refractivity contribution < 1.29 is 14.3 Å². The van der Waals surface area contributed by atoms with Gasteiger partial charge in [0.05, 0.1) is 17.6 Å². The molecule has 0 saturated carbocycles. The van der Waals surface area contributed by atoms with Gasteiger partial charge in [-0.25, -0.2) is 4.98 Å². The Morgan fingerprint density at radius 2 is 2.10 bits per heavy atom. The molecule has 2 N–H and O–H groups in total. The van der Waals surface area contributed by atoms with E-state index in [1.807, 2.05) is 18.2 Å². The lowest BCUT2D eigenvalue weighted by Gasteiger charge is -2.32. The van der Waals surface area contributed by atoms with Crippen LogP contribution in [-0.2, 0) is 6.54 Å². The third kappa shape index (κ3) is 3.91. The first-order valence-corrected chi connectivity index (χ1v) is 10.1. The van der Waals surface area contributed by atoms with Gasteiger partial charge in [0.15, 0.2) is 11.5 Å². The summed E-state index contributed by atoms with van der Waals surface area (Å²) in [5, 5.41) is 3.08. The number of likely N-dealkylation sites (tertiary alicyclic amines) is 1. The molecule has 7 nitrogen and oxygen atoms in total. The number of imidazole rings is 1. The van der Waals surface area contributed by atoms with Crippen molar-refractivity contribution in [3.05, 3.63) is 53.9 Å². The number of piperidine rings is 1. The van der Waals surface area contributed by atoms with E-state index in [0.29, 0.717) is 29.5 Å². The van der Waals surface area contributed by atoms with Crippen molar-refractivity contribution >= 4 is 16.9 Å². The predicted octanol–water partition coefficient (Wildman–Crippen LogP) is 2.93. The topological polar surface area (TPSA) is 79.5 Å². The molecule has 1 saturated heterocycles. The lowest BCUT2D eigenvalue weighted by Crippen LogP contribution is -2.40. The van der Waals surface area contributed by atoms with Crippen LogP contribution in [0.25, 0.3) is 11.0 Å². The zero-order valence-corrected chi connectivity index (χ0v) is 16.2. The molecule has 0 radical (unpaired) electrons. The molecule has 150 valence electrons. The van der Waals surface area contributed by atoms with Gasteiger partial charge in [0, 0.05) is 18.7 Å². The van der Waals surface area contributed by atoms with Crippen molar-refractivity contribution in [1.29, 1.82) is 0 Å². The molecule has 7 heteroatoms. The summed E-state index contributed by atoms with van der Waals surface area (Å²) in [6.07, 6.45) is 2.25. The van der Waals surface area contributed by atoms with Crippen LogP contribution in [0.15, 0.2) is 42.5 Å². The van der Waals surface area contributed by atoms with Gasteiger partial charge < -0.3 is 19.8 Å². The highest BCUT2D eigenvalue weighted by Crippen LogP contribution is 2.32. The number of rotatable bonds is 5. The zero-order chi connectivity index (χ0) is 19.6. The van der Waals surface area contributed by atoms with E-state index >= 15 is 0 Å². The van der Waals surface area contributed by atoms with Crippen LogP contribution in [-0.4, -0.2) is 47.2 Å². The van der Waals surface area contributed by atoms with Gasteiger partial charge in [0.2, 0.25) is 6.79 Å². The molecule has 3 aromatic rings. The van der Waals surface area contributed by atoms with Gasteiger partial charge in [0.25, 0.3) is 5.91 Å². The van der Waals surface area contributed by atoms with Crippen LogP contribution < -0.4 is 14.8 Å². The highest BCUT2D eigenvalue weighted by Gasteiger charge is 2.22. The second-order valence-electron chi connectivity index (χ2n) is 7.72. The number of hydrogen-bond acceptors (Lipinski definition) is 5. The Morgan fingerprint density at radius 1 is 1.21 bits per heavy atom. The molecule has 1 fully saturated rings. The van der Waals surface area contributed by atoms with Crippen LogP contribution >= 0.6 is 0 Å². The van der Waals surface area contributed by atoms with Crippen LogP contribution in [0, 0.1) is 5.92 Å². The van der Waals surface area contributed by atoms with Crippen LogP contribution in [0.2, 0.25) is 0 Å². The number of carbonyl (C=O) groups is 1. The fourth-order valence-corrected chi connectivity index (χ4v) is 4.13. The fourth-order valence-electron chi connectivity index (χ4n) is 4.13. The standard InChI is InChI=1S/C22H24N4O3/c27-22(16-7-8-19-20(10-16)29-14-28-19)23-11-15-4-3-9-26(12-15)13-21-24-17-5-1-2-6-18(17)25-21/h1-2,5-8,10,15H,3-4,9,11-14H2,(H,23,27)(H,24,25). The Labute approximate surface area is 169 Å². The summed E-state index contributed by atoms with van der Waals surface area (Å²) in [7, 11) is 0. The average molecular weight is 392 g/mol. The Kier molecular flexibility index (Phi) is 4.81. The molecule has 29 heavy (non-hydrogen) atoms. The molecule has 2 aliphatic heterocycles. The van der Waals surface area contributed by atoms with Crippen LogP contribution in [0.3, 0.4) is 0 Å². The normalized spacial score (nSPS) is 18.8. The number of nitrogens with one attached hydrogen (secondary N) is 2. The summed E-state index contributed by atoms with van der Waals surface area (Å²) < 4.78 is 10.7. The number of para-hydroxylation sites is 2. The lowest BCUT2D eigenvalue weighted by atomic mass is 9.98. The third-order valence-corrected chi connectivity index (χ3v) is 5.60. The quantitative estimate of drug-likeness (QED) is 0.698. The van der Waals surface area contributed by atoms with Crippen molar-refractivity contribution in [3.8, 4) is 11.5 Å². The zero-order valence-electron chi connectivity index (χ0n) is 16.2. The monoisotopic (exact) mass is 392 g/mol. The first-order chi connectivity index (χ1) is 14.2. The van der Waals surface area contributed by atoms with E-state index in [1.165, 1.54) is 0 Å². The Morgan fingerprint density at radius 3 is 3.03 bits per heavy atom. The summed E-state index contributed by atoms with van der Waals surface area (Å²) in [4.78, 5) is 23.0. The number of amides is 1. The smallest absolute Gasteiger partial charge is 0.251 e. The molecule has 1 aromatic heterocycles. The highest BCUT2D eigenvalue weighted by atomic mass is 16.7. The Hall–Kier alpha value is -3.06. The maximum atomic E-state index is 12.5. The van der Waals surface area contributed by atoms with Crippen LogP contribution in [0.5, 0.6) is 11.5 Å². The Balaban J connectivity index is 1.16. The molecule has 1 atom stereocenters. The second kappa shape index (κ2) is 7.75. The van der Waals surface area contributed by atoms with Gasteiger partial charge >= 0.3 is 0 Å². The predicted molar refractivity (Wildman–Crippen MR) is 109 cm³/mol. The second-order valence-corrected chi connectivity index (χ2v) is 7.72. The molecule has 3 heterocycles. The van der Waals surface area contributed by atoms with E-state index in [2.05, 4.69) is 26.3 Å². The highest BCUT2D eigenvalue weighted by molar-refractivity contribution is 5.94. The van der Waals surface area contributed by atoms with E-state index in [-0.39, 0.29) is 12.7 Å². The number of fused-ring (bicyclic) bond motifs is 2. The first kappa shape index (κ1) is 18.0. The van der Waals surface area contributed by atoms with Crippen LogP contribution in [0.1, 0.15) is 29.0 Å². The molecule has 0 spiro atoms. The number of H-pyrrole nitrogens is 1. The molecule has 0 aliphatic carbocycles. The van der Waals surface area contributed by atoms with E-state index in [0.717, 1.165) is 49.3 Å². The summed E-state index contributed by atoms with van der Waals surface area (Å²) in [6, 6.07) is 13.4. The number of hydrogen-bond donors (Lipinski definition) is 2. The minimum absolute atomic E-state index is 0.0716. The van der Waals surface area contributed by atoms with Gasteiger partial charge in [-0.15, -0.1) is 0 Å². The van der Waals surface area contributed by atoms with Gasteiger partial charge in [0.1, 0.15) is 5.82 Å². The van der Waals surface area contributed by atoms with Gasteiger partial charge in [-0.2, -0.15) is 0 Å². The maximum absolute atomic E-state index is 12.5. The van der Waals surface area contributed by atoms with Crippen LogP contribution in [0.4, 0.5) is 0 Å². The molecule has 1 unspecified atom stereocenters. The van der Waals surface area contributed by atoms with E-state index in [1.54, 1.807) is 18.2 Å². The van der Waals surface area contributed by atoms with Crippen molar-refractivity contribution in [2.75, 3.05) is 26.4 Å². The number of aromatic nitrogens is 2.